The Balaban J connectivity index is 1.44. The van der Waals surface area contributed by atoms with Crippen LogP contribution in [0, 0.1) is 11.8 Å². The number of fused-ring (bicyclic) bond motifs is 1. The summed E-state index contributed by atoms with van der Waals surface area (Å²) in [4.78, 5) is 15.8. The molecule has 0 aliphatic carbocycles. The van der Waals surface area contributed by atoms with E-state index in [1.165, 1.54) is 5.56 Å². The molecule has 0 radical (unpaired) electrons. The van der Waals surface area contributed by atoms with Crippen LogP contribution in [-0.2, 0) is 17.8 Å². The van der Waals surface area contributed by atoms with E-state index in [4.69, 9.17) is 14.8 Å². The van der Waals surface area contributed by atoms with Crippen molar-refractivity contribution < 1.29 is 14.6 Å². The highest BCUT2D eigenvalue weighted by Crippen LogP contribution is 2.24. The van der Waals surface area contributed by atoms with Crippen molar-refractivity contribution in [2.75, 3.05) is 0 Å². The van der Waals surface area contributed by atoms with Gasteiger partial charge in [-0.3, -0.25) is 4.79 Å². The molecule has 0 fully saturated rings. The molecule has 5 nitrogen and oxygen atoms in total. The standard InChI is InChI=1S/C28H26N2O3/c1-3-5-24(16-28(31)32)22-11-13-25(14-12-22)33-19-21-8-15-27-29-26(18-30(27)17-21)23-9-6-20(4-2)7-10-23/h6-15,17-18,24H,4,16,19H2,1-2H3,(H,31,32). The maximum atomic E-state index is 11.1. The van der Waals surface area contributed by atoms with Gasteiger partial charge in [-0.1, -0.05) is 55.3 Å². The summed E-state index contributed by atoms with van der Waals surface area (Å²) in [6.45, 7) is 4.28. The molecule has 4 rings (SSSR count). The maximum Gasteiger partial charge on any atom is 0.304 e. The summed E-state index contributed by atoms with van der Waals surface area (Å²) in [6.07, 6.45) is 5.07. The molecule has 0 spiro atoms. The zero-order valence-corrected chi connectivity index (χ0v) is 18.8. The van der Waals surface area contributed by atoms with Crippen LogP contribution in [-0.4, -0.2) is 20.5 Å². The zero-order chi connectivity index (χ0) is 23.2. The van der Waals surface area contributed by atoms with E-state index in [2.05, 4.69) is 43.0 Å². The summed E-state index contributed by atoms with van der Waals surface area (Å²) in [5.41, 5.74) is 6.14. The molecular formula is C28H26N2O3. The first-order valence-corrected chi connectivity index (χ1v) is 11.0. The molecule has 1 N–H and O–H groups in total. The zero-order valence-electron chi connectivity index (χ0n) is 18.8. The third kappa shape index (κ3) is 5.42. The topological polar surface area (TPSA) is 63.8 Å². The third-order valence-corrected chi connectivity index (χ3v) is 5.56. The summed E-state index contributed by atoms with van der Waals surface area (Å²) in [6, 6.07) is 20.0. The molecule has 0 saturated heterocycles. The number of aryl methyl sites for hydroxylation is 1. The summed E-state index contributed by atoms with van der Waals surface area (Å²) in [5.74, 6) is 5.31. The average Bonchev–Trinajstić information content (AvgIpc) is 3.26. The minimum absolute atomic E-state index is 0.0172. The van der Waals surface area contributed by atoms with Gasteiger partial charge in [-0.05, 0) is 42.7 Å². The number of nitrogens with zero attached hydrogens (tertiary/aromatic N) is 2. The Bertz CT molecular complexity index is 1310. The number of imidazole rings is 1. The van der Waals surface area contributed by atoms with Gasteiger partial charge in [-0.15, -0.1) is 5.92 Å². The first-order chi connectivity index (χ1) is 16.1. The highest BCUT2D eigenvalue weighted by atomic mass is 16.5. The SMILES string of the molecule is CC#CC(CC(=O)O)c1ccc(OCc2ccc3nc(-c4ccc(CC)cc4)cn3c2)cc1. The van der Waals surface area contributed by atoms with Crippen molar-refractivity contribution in [1.29, 1.82) is 0 Å². The van der Waals surface area contributed by atoms with Crippen LogP contribution in [0.4, 0.5) is 0 Å². The fourth-order valence-corrected chi connectivity index (χ4v) is 3.74. The predicted octanol–water partition coefficient (Wildman–Crippen LogP) is 5.72. The molecule has 0 aliphatic rings. The highest BCUT2D eigenvalue weighted by Gasteiger charge is 2.13. The van der Waals surface area contributed by atoms with E-state index in [1.54, 1.807) is 6.92 Å². The Kier molecular flexibility index (Phi) is 6.75. The summed E-state index contributed by atoms with van der Waals surface area (Å²) < 4.78 is 7.97. The smallest absolute Gasteiger partial charge is 0.304 e. The molecule has 2 aromatic heterocycles. The molecule has 2 heterocycles. The van der Waals surface area contributed by atoms with Crippen molar-refractivity contribution in [2.45, 2.75) is 39.2 Å². The number of pyridine rings is 1. The number of carboxylic acid groups (broad SMARTS) is 1. The second kappa shape index (κ2) is 10.1. The molecule has 33 heavy (non-hydrogen) atoms. The maximum absolute atomic E-state index is 11.1. The lowest BCUT2D eigenvalue weighted by atomic mass is 9.96. The fourth-order valence-electron chi connectivity index (χ4n) is 3.74. The van der Waals surface area contributed by atoms with E-state index in [0.29, 0.717) is 6.61 Å². The van der Waals surface area contributed by atoms with E-state index < -0.39 is 5.97 Å². The van der Waals surface area contributed by atoms with Crippen LogP contribution in [0.5, 0.6) is 5.75 Å². The number of carbonyl (C=O) groups is 1. The molecule has 0 aliphatic heterocycles. The van der Waals surface area contributed by atoms with Crippen molar-refractivity contribution in [3.05, 3.63) is 89.7 Å². The number of aliphatic carboxylic acids is 1. The van der Waals surface area contributed by atoms with Gasteiger partial charge in [0.05, 0.1) is 18.0 Å². The van der Waals surface area contributed by atoms with Gasteiger partial charge in [-0.25, -0.2) is 4.98 Å². The molecule has 1 unspecified atom stereocenters. The van der Waals surface area contributed by atoms with Crippen molar-refractivity contribution in [1.82, 2.24) is 9.38 Å². The number of hydrogen-bond acceptors (Lipinski definition) is 3. The summed E-state index contributed by atoms with van der Waals surface area (Å²) >= 11 is 0. The molecular weight excluding hydrogens is 412 g/mol. The second-order valence-corrected chi connectivity index (χ2v) is 7.88. The molecule has 0 saturated carbocycles. The number of carboxylic acids is 1. The van der Waals surface area contributed by atoms with E-state index >= 15 is 0 Å². The van der Waals surface area contributed by atoms with E-state index in [1.807, 2.05) is 53.2 Å². The van der Waals surface area contributed by atoms with Crippen LogP contribution in [0.2, 0.25) is 0 Å². The second-order valence-electron chi connectivity index (χ2n) is 7.88. The average molecular weight is 439 g/mol. The minimum atomic E-state index is -0.862. The lowest BCUT2D eigenvalue weighted by Crippen LogP contribution is -2.04. The van der Waals surface area contributed by atoms with Gasteiger partial charge in [0.15, 0.2) is 0 Å². The van der Waals surface area contributed by atoms with Crippen LogP contribution in [0.3, 0.4) is 0 Å². The third-order valence-electron chi connectivity index (χ3n) is 5.56. The van der Waals surface area contributed by atoms with Crippen LogP contribution in [0.1, 0.15) is 42.9 Å². The summed E-state index contributed by atoms with van der Waals surface area (Å²) in [5, 5.41) is 9.10. The minimum Gasteiger partial charge on any atom is -0.489 e. The molecule has 1 atom stereocenters. The number of hydrogen-bond donors (Lipinski definition) is 1. The first-order valence-electron chi connectivity index (χ1n) is 11.0. The van der Waals surface area contributed by atoms with Gasteiger partial charge in [0, 0.05) is 23.5 Å². The lowest BCUT2D eigenvalue weighted by molar-refractivity contribution is -0.137. The Morgan fingerprint density at radius 2 is 1.76 bits per heavy atom. The van der Waals surface area contributed by atoms with Gasteiger partial charge in [0.2, 0.25) is 0 Å². The highest BCUT2D eigenvalue weighted by molar-refractivity contribution is 5.69. The van der Waals surface area contributed by atoms with Crippen LogP contribution in [0.25, 0.3) is 16.9 Å². The number of rotatable bonds is 8. The monoisotopic (exact) mass is 438 g/mol. The Morgan fingerprint density at radius 1 is 1.03 bits per heavy atom. The normalized spacial score (nSPS) is 11.6. The van der Waals surface area contributed by atoms with Gasteiger partial charge >= 0.3 is 5.97 Å². The quantitative estimate of drug-likeness (QED) is 0.357. The largest absolute Gasteiger partial charge is 0.489 e. The molecule has 0 amide bonds. The van der Waals surface area contributed by atoms with Crippen molar-refractivity contribution in [3.63, 3.8) is 0 Å². The van der Waals surface area contributed by atoms with Gasteiger partial charge < -0.3 is 14.2 Å². The molecule has 2 aromatic carbocycles. The van der Waals surface area contributed by atoms with Gasteiger partial charge in [0.1, 0.15) is 18.0 Å². The molecule has 166 valence electrons. The lowest BCUT2D eigenvalue weighted by Gasteiger charge is -2.11. The molecule has 4 aromatic rings. The number of benzene rings is 2. The van der Waals surface area contributed by atoms with E-state index in [-0.39, 0.29) is 12.3 Å². The first kappa shape index (κ1) is 22.2. The molecule has 0 bridgehead atoms. The van der Waals surface area contributed by atoms with Crippen molar-refractivity contribution in [3.8, 4) is 28.8 Å². The van der Waals surface area contributed by atoms with Crippen molar-refractivity contribution in [2.24, 2.45) is 0 Å². The van der Waals surface area contributed by atoms with E-state index in [0.717, 1.165) is 40.2 Å². The Hall–Kier alpha value is -4.04. The van der Waals surface area contributed by atoms with Gasteiger partial charge in [-0.2, -0.15) is 0 Å². The fraction of sp³-hybridized carbons (Fsp3) is 0.214. The number of aromatic nitrogens is 2. The van der Waals surface area contributed by atoms with E-state index in [9.17, 15) is 4.79 Å². The van der Waals surface area contributed by atoms with Crippen molar-refractivity contribution >= 4 is 11.6 Å². The number of ether oxygens (including phenoxy) is 1. The Labute approximate surface area is 193 Å². The van der Waals surface area contributed by atoms with Crippen LogP contribution in [0.15, 0.2) is 73.1 Å². The summed E-state index contributed by atoms with van der Waals surface area (Å²) in [7, 11) is 0. The molecule has 5 heteroatoms. The van der Waals surface area contributed by atoms with Crippen LogP contribution < -0.4 is 4.74 Å². The van der Waals surface area contributed by atoms with Gasteiger partial charge in [0.25, 0.3) is 0 Å². The Morgan fingerprint density at radius 3 is 2.42 bits per heavy atom. The predicted molar refractivity (Wildman–Crippen MR) is 129 cm³/mol. The van der Waals surface area contributed by atoms with Crippen LogP contribution >= 0.6 is 0 Å².